The van der Waals surface area contributed by atoms with Crippen molar-refractivity contribution in [3.05, 3.63) is 34.3 Å². The second-order valence-corrected chi connectivity index (χ2v) is 4.23. The number of rotatable bonds is 3. The van der Waals surface area contributed by atoms with Crippen LogP contribution in [0.5, 0.6) is 0 Å². The van der Waals surface area contributed by atoms with Gasteiger partial charge < -0.3 is 5.11 Å². The van der Waals surface area contributed by atoms with E-state index in [1.807, 2.05) is 31.2 Å². The maximum Gasteiger partial charge on any atom is 0.0603 e. The summed E-state index contributed by atoms with van der Waals surface area (Å²) in [5, 5.41) is 9.64. The molecule has 0 heterocycles. The molecule has 2 heteroatoms. The highest BCUT2D eigenvalue weighted by atomic mass is 79.9. The van der Waals surface area contributed by atoms with Crippen LogP contribution in [0.4, 0.5) is 0 Å². The monoisotopic (exact) mass is 242 g/mol. The van der Waals surface area contributed by atoms with Gasteiger partial charge in [0.25, 0.3) is 0 Å². The number of hydrogen-bond acceptors (Lipinski definition) is 1. The van der Waals surface area contributed by atoms with Crippen LogP contribution in [0.1, 0.15) is 31.7 Å². The molecule has 0 saturated heterocycles. The Bertz CT molecular complexity index is 255. The molecule has 0 fully saturated rings. The van der Waals surface area contributed by atoms with E-state index in [0.29, 0.717) is 0 Å². The second-order valence-electron chi connectivity index (χ2n) is 3.32. The summed E-state index contributed by atoms with van der Waals surface area (Å²) in [6.07, 6.45) is 0.568. The summed E-state index contributed by atoms with van der Waals surface area (Å²) < 4.78 is 1.08. The van der Waals surface area contributed by atoms with E-state index in [1.54, 1.807) is 0 Å². The maximum atomic E-state index is 9.64. The third kappa shape index (κ3) is 2.82. The molecule has 1 aromatic carbocycles. The van der Waals surface area contributed by atoms with Gasteiger partial charge >= 0.3 is 0 Å². The first-order valence-corrected chi connectivity index (χ1v) is 5.38. The maximum absolute atomic E-state index is 9.64. The summed E-state index contributed by atoms with van der Waals surface area (Å²) in [7, 11) is 0. The minimum absolute atomic E-state index is 0.220. The number of halogens is 1. The van der Waals surface area contributed by atoms with E-state index >= 15 is 0 Å². The summed E-state index contributed by atoms with van der Waals surface area (Å²) in [5.41, 5.74) is 1.19. The van der Waals surface area contributed by atoms with E-state index in [9.17, 15) is 5.11 Å². The minimum Gasteiger partial charge on any atom is -0.393 e. The van der Waals surface area contributed by atoms with Crippen molar-refractivity contribution < 1.29 is 5.11 Å². The van der Waals surface area contributed by atoms with Crippen molar-refractivity contribution in [2.24, 2.45) is 0 Å². The molecule has 0 amide bonds. The molecule has 0 radical (unpaired) electrons. The van der Waals surface area contributed by atoms with Gasteiger partial charge in [0.05, 0.1) is 6.10 Å². The number of hydrogen-bond donors (Lipinski definition) is 1. The highest BCUT2D eigenvalue weighted by molar-refractivity contribution is 9.10. The van der Waals surface area contributed by atoms with E-state index in [2.05, 4.69) is 22.9 Å². The van der Waals surface area contributed by atoms with E-state index in [-0.39, 0.29) is 12.0 Å². The van der Waals surface area contributed by atoms with Gasteiger partial charge in [-0.1, -0.05) is 41.9 Å². The first kappa shape index (κ1) is 10.7. The number of aliphatic hydroxyl groups excluding tert-OH is 1. The van der Waals surface area contributed by atoms with Crippen LogP contribution in [0.2, 0.25) is 0 Å². The fourth-order valence-electron chi connectivity index (χ4n) is 1.34. The van der Waals surface area contributed by atoms with Crippen LogP contribution >= 0.6 is 15.9 Å². The quantitative estimate of drug-likeness (QED) is 0.863. The van der Waals surface area contributed by atoms with E-state index < -0.39 is 0 Å². The molecule has 0 aromatic heterocycles. The Balaban J connectivity index is 2.77. The third-order valence-electron chi connectivity index (χ3n) is 2.39. The van der Waals surface area contributed by atoms with Gasteiger partial charge in [0.2, 0.25) is 0 Å². The van der Waals surface area contributed by atoms with Gasteiger partial charge in [-0.2, -0.15) is 0 Å². The van der Waals surface area contributed by atoms with Crippen LogP contribution in [0.25, 0.3) is 0 Å². The fourth-order valence-corrected chi connectivity index (χ4v) is 1.61. The SMILES string of the molecule is CCC(O)C(C)c1ccc(Br)cc1. The van der Waals surface area contributed by atoms with Crippen molar-refractivity contribution >= 4 is 15.9 Å². The highest BCUT2D eigenvalue weighted by Gasteiger charge is 2.13. The van der Waals surface area contributed by atoms with Crippen LogP contribution in [0.3, 0.4) is 0 Å². The van der Waals surface area contributed by atoms with Crippen molar-refractivity contribution in [2.45, 2.75) is 32.3 Å². The van der Waals surface area contributed by atoms with Crippen molar-refractivity contribution in [2.75, 3.05) is 0 Å². The molecular formula is C11H15BrO. The molecule has 72 valence electrons. The van der Waals surface area contributed by atoms with Gasteiger partial charge in [-0.25, -0.2) is 0 Å². The molecule has 1 aromatic rings. The normalized spacial score (nSPS) is 15.4. The molecule has 2 unspecified atom stereocenters. The third-order valence-corrected chi connectivity index (χ3v) is 2.92. The lowest BCUT2D eigenvalue weighted by Crippen LogP contribution is -2.14. The zero-order valence-electron chi connectivity index (χ0n) is 8.00. The van der Waals surface area contributed by atoms with Crippen molar-refractivity contribution in [3.8, 4) is 0 Å². The van der Waals surface area contributed by atoms with Crippen LogP contribution in [-0.2, 0) is 0 Å². The summed E-state index contributed by atoms with van der Waals surface area (Å²) >= 11 is 3.39. The standard InChI is InChI=1S/C11H15BrO/c1-3-11(13)8(2)9-4-6-10(12)7-5-9/h4-8,11,13H,3H2,1-2H3. The molecule has 2 atom stereocenters. The molecule has 0 bridgehead atoms. The lowest BCUT2D eigenvalue weighted by atomic mass is 9.94. The molecule has 1 rings (SSSR count). The van der Waals surface area contributed by atoms with E-state index in [0.717, 1.165) is 10.9 Å². The molecule has 1 nitrogen and oxygen atoms in total. The zero-order valence-corrected chi connectivity index (χ0v) is 9.58. The van der Waals surface area contributed by atoms with Gasteiger partial charge in [-0.15, -0.1) is 0 Å². The van der Waals surface area contributed by atoms with Crippen LogP contribution in [0, 0.1) is 0 Å². The van der Waals surface area contributed by atoms with Crippen molar-refractivity contribution in [1.82, 2.24) is 0 Å². The topological polar surface area (TPSA) is 20.2 Å². The van der Waals surface area contributed by atoms with Crippen LogP contribution in [0.15, 0.2) is 28.7 Å². The van der Waals surface area contributed by atoms with Gasteiger partial charge in [0.1, 0.15) is 0 Å². The lowest BCUT2D eigenvalue weighted by molar-refractivity contribution is 0.145. The number of aliphatic hydroxyl groups is 1. The van der Waals surface area contributed by atoms with Crippen LogP contribution < -0.4 is 0 Å². The van der Waals surface area contributed by atoms with Gasteiger partial charge in [-0.05, 0) is 24.1 Å². The molecule has 1 N–H and O–H groups in total. The van der Waals surface area contributed by atoms with E-state index in [1.165, 1.54) is 5.56 Å². The van der Waals surface area contributed by atoms with Gasteiger partial charge in [-0.3, -0.25) is 0 Å². The van der Waals surface area contributed by atoms with Crippen LogP contribution in [-0.4, -0.2) is 11.2 Å². The molecular weight excluding hydrogens is 228 g/mol. The Morgan fingerprint density at radius 1 is 1.31 bits per heavy atom. The van der Waals surface area contributed by atoms with Crippen molar-refractivity contribution in [3.63, 3.8) is 0 Å². The van der Waals surface area contributed by atoms with Crippen molar-refractivity contribution in [1.29, 1.82) is 0 Å². The summed E-state index contributed by atoms with van der Waals surface area (Å²) in [4.78, 5) is 0. The first-order chi connectivity index (χ1) is 6.15. The Morgan fingerprint density at radius 3 is 2.31 bits per heavy atom. The predicted molar refractivity (Wildman–Crippen MR) is 58.9 cm³/mol. The largest absolute Gasteiger partial charge is 0.393 e. The average Bonchev–Trinajstić information content (AvgIpc) is 2.17. The Morgan fingerprint density at radius 2 is 1.85 bits per heavy atom. The van der Waals surface area contributed by atoms with Gasteiger partial charge in [0.15, 0.2) is 0 Å². The van der Waals surface area contributed by atoms with E-state index in [4.69, 9.17) is 0 Å². The smallest absolute Gasteiger partial charge is 0.0603 e. The zero-order chi connectivity index (χ0) is 9.84. The lowest BCUT2D eigenvalue weighted by Gasteiger charge is -2.17. The average molecular weight is 243 g/mol. The minimum atomic E-state index is -0.235. The molecule has 0 saturated carbocycles. The Hall–Kier alpha value is -0.340. The molecule has 13 heavy (non-hydrogen) atoms. The Labute approximate surface area is 87.9 Å². The first-order valence-electron chi connectivity index (χ1n) is 4.58. The van der Waals surface area contributed by atoms with Gasteiger partial charge in [0, 0.05) is 10.4 Å². The fraction of sp³-hybridized carbons (Fsp3) is 0.455. The molecule has 0 aliphatic heterocycles. The second kappa shape index (κ2) is 4.77. The summed E-state index contributed by atoms with van der Waals surface area (Å²) in [5.74, 6) is 0.220. The molecule has 0 spiro atoms. The highest BCUT2D eigenvalue weighted by Crippen LogP contribution is 2.22. The predicted octanol–water partition coefficient (Wildman–Crippen LogP) is 3.32. The summed E-state index contributed by atoms with van der Waals surface area (Å²) in [6, 6.07) is 8.11. The number of benzene rings is 1. The summed E-state index contributed by atoms with van der Waals surface area (Å²) in [6.45, 7) is 4.05. The molecule has 0 aliphatic rings. The molecule has 0 aliphatic carbocycles. The Kier molecular flexibility index (Phi) is 3.94.